The first-order valence-electron chi connectivity index (χ1n) is 8.88. The molecule has 6 nitrogen and oxygen atoms in total. The summed E-state index contributed by atoms with van der Waals surface area (Å²) in [5, 5.41) is 17.4. The van der Waals surface area contributed by atoms with Gasteiger partial charge in [-0.2, -0.15) is 10.4 Å². The Morgan fingerprint density at radius 2 is 2.07 bits per heavy atom. The summed E-state index contributed by atoms with van der Waals surface area (Å²) in [6.07, 6.45) is 0.478. The van der Waals surface area contributed by atoms with E-state index < -0.39 is 5.60 Å². The van der Waals surface area contributed by atoms with Crippen LogP contribution in [0.4, 0.5) is 10.5 Å². The van der Waals surface area contributed by atoms with Gasteiger partial charge < -0.3 is 4.74 Å². The molecule has 0 fully saturated rings. The molecule has 1 amide bonds. The summed E-state index contributed by atoms with van der Waals surface area (Å²) in [6.45, 7) is 6.21. The Hall–Kier alpha value is -3.33. The van der Waals surface area contributed by atoms with Gasteiger partial charge in [-0.1, -0.05) is 12.1 Å². The maximum atomic E-state index is 12.6. The number of carbonyl (C=O) groups is 1. The first-order valence-corrected chi connectivity index (χ1v) is 8.88. The lowest BCUT2D eigenvalue weighted by molar-refractivity contribution is 0.0584. The Labute approximate surface area is 157 Å². The van der Waals surface area contributed by atoms with Crippen LogP contribution in [0.15, 0.2) is 36.4 Å². The van der Waals surface area contributed by atoms with Crippen molar-refractivity contribution in [2.24, 2.45) is 0 Å². The second-order valence-electron chi connectivity index (χ2n) is 7.67. The molecule has 27 heavy (non-hydrogen) atoms. The van der Waals surface area contributed by atoms with E-state index in [1.54, 1.807) is 17.0 Å². The number of fused-ring (bicyclic) bond motifs is 2. The van der Waals surface area contributed by atoms with Crippen LogP contribution in [-0.2, 0) is 11.2 Å². The first kappa shape index (κ1) is 17.1. The zero-order chi connectivity index (χ0) is 19.2. The second kappa shape index (κ2) is 6.13. The van der Waals surface area contributed by atoms with E-state index in [4.69, 9.17) is 10.00 Å². The number of H-pyrrole nitrogens is 1. The highest BCUT2D eigenvalue weighted by molar-refractivity contribution is 5.96. The average Bonchev–Trinajstić information content (AvgIpc) is 3.23. The summed E-state index contributed by atoms with van der Waals surface area (Å²) in [5.74, 6) is 0. The topological polar surface area (TPSA) is 82.0 Å². The molecule has 0 unspecified atom stereocenters. The fraction of sp³-hybridized carbons (Fsp3) is 0.286. The van der Waals surface area contributed by atoms with E-state index in [-0.39, 0.29) is 6.09 Å². The number of carbonyl (C=O) groups excluding carboxylic acids is 1. The number of hydrogen-bond donors (Lipinski definition) is 1. The summed E-state index contributed by atoms with van der Waals surface area (Å²) >= 11 is 0. The minimum Gasteiger partial charge on any atom is -0.443 e. The van der Waals surface area contributed by atoms with Gasteiger partial charge >= 0.3 is 6.09 Å². The summed E-state index contributed by atoms with van der Waals surface area (Å²) in [6, 6.07) is 13.6. The molecule has 1 N–H and O–H groups in total. The highest BCUT2D eigenvalue weighted by atomic mass is 16.6. The van der Waals surface area contributed by atoms with E-state index in [0.29, 0.717) is 12.1 Å². The number of anilines is 1. The van der Waals surface area contributed by atoms with Crippen molar-refractivity contribution in [3.05, 3.63) is 47.5 Å². The van der Waals surface area contributed by atoms with Crippen molar-refractivity contribution in [3.8, 4) is 17.3 Å². The molecule has 1 aromatic heterocycles. The van der Waals surface area contributed by atoms with Crippen molar-refractivity contribution in [1.29, 1.82) is 5.26 Å². The third-order valence-electron chi connectivity index (χ3n) is 4.56. The van der Waals surface area contributed by atoms with Gasteiger partial charge in [-0.15, -0.1) is 0 Å². The monoisotopic (exact) mass is 360 g/mol. The highest BCUT2D eigenvalue weighted by Gasteiger charge is 2.29. The molecule has 0 saturated heterocycles. The third-order valence-corrected chi connectivity index (χ3v) is 4.56. The molecule has 0 atom stereocenters. The van der Waals surface area contributed by atoms with Crippen molar-refractivity contribution in [2.75, 3.05) is 11.4 Å². The molecule has 6 heteroatoms. The molecule has 136 valence electrons. The van der Waals surface area contributed by atoms with Crippen molar-refractivity contribution in [3.63, 3.8) is 0 Å². The van der Waals surface area contributed by atoms with Crippen LogP contribution in [0.5, 0.6) is 0 Å². The normalized spacial score (nSPS) is 13.5. The number of nitriles is 1. The number of hydrogen-bond acceptors (Lipinski definition) is 4. The van der Waals surface area contributed by atoms with Gasteiger partial charge in [0, 0.05) is 17.5 Å². The van der Waals surface area contributed by atoms with Gasteiger partial charge in [0.1, 0.15) is 5.60 Å². The van der Waals surface area contributed by atoms with Crippen molar-refractivity contribution < 1.29 is 9.53 Å². The van der Waals surface area contributed by atoms with Crippen LogP contribution in [-0.4, -0.2) is 28.4 Å². The van der Waals surface area contributed by atoms with E-state index in [2.05, 4.69) is 16.3 Å². The molecule has 2 heterocycles. The zero-order valence-corrected chi connectivity index (χ0v) is 15.5. The average molecular weight is 360 g/mol. The number of ether oxygens (including phenoxy) is 1. The lowest BCUT2D eigenvalue weighted by Gasteiger charge is -2.25. The lowest BCUT2D eigenvalue weighted by Crippen LogP contribution is -2.35. The number of amides is 1. The van der Waals surface area contributed by atoms with Crippen molar-refractivity contribution in [2.45, 2.75) is 32.8 Å². The van der Waals surface area contributed by atoms with E-state index in [1.165, 1.54) is 0 Å². The summed E-state index contributed by atoms with van der Waals surface area (Å²) in [5.41, 5.74) is 4.57. The maximum Gasteiger partial charge on any atom is 0.414 e. The van der Waals surface area contributed by atoms with Crippen LogP contribution in [0, 0.1) is 11.3 Å². The Bertz CT molecular complexity index is 1090. The molecule has 0 saturated carbocycles. The van der Waals surface area contributed by atoms with Gasteiger partial charge in [0.2, 0.25) is 0 Å². The third kappa shape index (κ3) is 3.13. The standard InChI is InChI=1S/C21H20N4O2/c1-21(2,3)27-20(26)25-9-8-14-5-6-15(11-18(14)25)19-16-7-4-13(12-22)10-17(16)23-24-19/h4-7,10-11H,8-9H2,1-3H3,(H,23,24). The summed E-state index contributed by atoms with van der Waals surface area (Å²) in [4.78, 5) is 14.2. The molecule has 1 aliphatic rings. The Morgan fingerprint density at radius 1 is 1.26 bits per heavy atom. The quantitative estimate of drug-likeness (QED) is 0.697. The van der Waals surface area contributed by atoms with Crippen LogP contribution in [0.1, 0.15) is 31.9 Å². The molecule has 1 aliphatic heterocycles. The highest BCUT2D eigenvalue weighted by Crippen LogP contribution is 2.35. The van der Waals surface area contributed by atoms with Crippen LogP contribution in [0.25, 0.3) is 22.2 Å². The smallest absolute Gasteiger partial charge is 0.414 e. The molecular formula is C21H20N4O2. The van der Waals surface area contributed by atoms with E-state index >= 15 is 0 Å². The van der Waals surface area contributed by atoms with Gasteiger partial charge in [-0.3, -0.25) is 10.00 Å². The van der Waals surface area contributed by atoms with Crippen LogP contribution >= 0.6 is 0 Å². The second-order valence-corrected chi connectivity index (χ2v) is 7.67. The molecule has 0 bridgehead atoms. The van der Waals surface area contributed by atoms with Crippen LogP contribution in [0.2, 0.25) is 0 Å². The van der Waals surface area contributed by atoms with Gasteiger partial charge in [0.05, 0.1) is 28.5 Å². The van der Waals surface area contributed by atoms with Crippen LogP contribution in [0.3, 0.4) is 0 Å². The fourth-order valence-corrected chi connectivity index (χ4v) is 3.34. The van der Waals surface area contributed by atoms with Gasteiger partial charge in [-0.05, 0) is 57.0 Å². The molecule has 0 radical (unpaired) electrons. The maximum absolute atomic E-state index is 12.6. The number of aromatic nitrogens is 2. The van der Waals surface area contributed by atoms with Gasteiger partial charge in [0.15, 0.2) is 0 Å². The van der Waals surface area contributed by atoms with E-state index in [1.807, 2.05) is 45.0 Å². The van der Waals surface area contributed by atoms with E-state index in [9.17, 15) is 4.79 Å². The predicted octanol–water partition coefficient (Wildman–Crippen LogP) is 4.40. The number of aromatic amines is 1. The minimum atomic E-state index is -0.533. The van der Waals surface area contributed by atoms with Crippen molar-refractivity contribution >= 4 is 22.7 Å². The van der Waals surface area contributed by atoms with Crippen molar-refractivity contribution in [1.82, 2.24) is 10.2 Å². The lowest BCUT2D eigenvalue weighted by atomic mass is 10.0. The number of benzene rings is 2. The molecule has 2 aromatic carbocycles. The number of nitrogens with zero attached hydrogens (tertiary/aromatic N) is 3. The molecule has 4 rings (SSSR count). The Balaban J connectivity index is 1.72. The Kier molecular flexibility index (Phi) is 3.88. The summed E-state index contributed by atoms with van der Waals surface area (Å²) in [7, 11) is 0. The Morgan fingerprint density at radius 3 is 2.81 bits per heavy atom. The SMILES string of the molecule is CC(C)(C)OC(=O)N1CCc2ccc(-c3n[nH]c4cc(C#N)ccc34)cc21. The van der Waals surface area contributed by atoms with E-state index in [0.717, 1.165) is 39.8 Å². The predicted molar refractivity (Wildman–Crippen MR) is 104 cm³/mol. The zero-order valence-electron chi connectivity index (χ0n) is 15.5. The van der Waals surface area contributed by atoms with Gasteiger partial charge in [-0.25, -0.2) is 4.79 Å². The number of nitrogens with one attached hydrogen (secondary N) is 1. The van der Waals surface area contributed by atoms with Crippen LogP contribution < -0.4 is 4.90 Å². The first-order chi connectivity index (χ1) is 12.9. The number of rotatable bonds is 1. The molecular weight excluding hydrogens is 340 g/mol. The minimum absolute atomic E-state index is 0.330. The molecule has 3 aromatic rings. The van der Waals surface area contributed by atoms with Gasteiger partial charge in [0.25, 0.3) is 0 Å². The molecule has 0 spiro atoms. The molecule has 0 aliphatic carbocycles. The summed E-state index contributed by atoms with van der Waals surface area (Å²) < 4.78 is 5.54. The largest absolute Gasteiger partial charge is 0.443 e. The fourth-order valence-electron chi connectivity index (χ4n) is 3.34.